The van der Waals surface area contributed by atoms with Gasteiger partial charge in [-0.25, -0.2) is 0 Å². The normalized spacial score (nSPS) is 14.3. The van der Waals surface area contributed by atoms with Crippen LogP contribution in [0.15, 0.2) is 279 Å². The van der Waals surface area contributed by atoms with E-state index in [-0.39, 0.29) is 16.2 Å². The first-order valence-corrected chi connectivity index (χ1v) is 30.6. The highest BCUT2D eigenvalue weighted by Crippen LogP contribution is 2.55. The van der Waals surface area contributed by atoms with Crippen LogP contribution in [0.5, 0.6) is 0 Å². The van der Waals surface area contributed by atoms with Crippen LogP contribution in [-0.2, 0) is 16.2 Å². The van der Waals surface area contributed by atoms with Crippen LogP contribution in [0.25, 0.3) is 79.9 Å². The lowest BCUT2D eigenvalue weighted by atomic mass is 9.81. The Bertz CT molecular complexity index is 4400. The Morgan fingerprint density at radius 3 is 0.782 bits per heavy atom. The number of benzene rings is 12. The SMILES string of the molecule is CC1(C)c2cc(C=Cc3ccc4c(c3)C(C)(C)c3cc(N(c5ccccc5)c5ccccc5-c5ccccc5)ccc3-4)ccc2-c2ccc(C=Cc3ccc4c(c3)C(C)(C)c3cc(N(c5ccccc5)c5ccccc5-c5ccccc5)ccc3-4)cc21. The number of hydrogen-bond acceptors (Lipinski definition) is 2. The van der Waals surface area contributed by atoms with Crippen LogP contribution in [-0.4, -0.2) is 0 Å². The van der Waals surface area contributed by atoms with E-state index in [2.05, 4.69) is 355 Å². The predicted molar refractivity (Wildman–Crippen MR) is 370 cm³/mol. The largest absolute Gasteiger partial charge is 0.310 e. The molecule has 0 aromatic heterocycles. The molecule has 0 radical (unpaired) electrons. The van der Waals surface area contributed by atoms with Gasteiger partial charge in [0.2, 0.25) is 0 Å². The minimum atomic E-state index is -0.205. The molecule has 12 aromatic carbocycles. The number of rotatable bonds is 12. The lowest BCUT2D eigenvalue weighted by Gasteiger charge is -2.29. The van der Waals surface area contributed by atoms with Gasteiger partial charge in [-0.2, -0.15) is 0 Å². The first kappa shape index (κ1) is 53.4. The van der Waals surface area contributed by atoms with Crippen LogP contribution in [0.2, 0.25) is 0 Å². The zero-order chi connectivity index (χ0) is 59.0. The average molecular weight is 1120 g/mol. The van der Waals surface area contributed by atoms with E-state index in [9.17, 15) is 0 Å². The molecule has 0 amide bonds. The predicted octanol–water partition coefficient (Wildman–Crippen LogP) is 23.2. The summed E-state index contributed by atoms with van der Waals surface area (Å²) in [4.78, 5) is 4.83. The van der Waals surface area contributed by atoms with E-state index < -0.39 is 0 Å². The second-order valence-corrected chi connectivity index (χ2v) is 25.3. The highest BCUT2D eigenvalue weighted by Gasteiger charge is 2.39. The summed E-state index contributed by atoms with van der Waals surface area (Å²) < 4.78 is 0. The summed E-state index contributed by atoms with van der Waals surface area (Å²) >= 11 is 0. The molecule has 0 spiro atoms. The van der Waals surface area contributed by atoms with E-state index in [0.717, 1.165) is 34.1 Å². The molecule has 2 nitrogen and oxygen atoms in total. The maximum absolute atomic E-state index is 2.43. The van der Waals surface area contributed by atoms with Crippen molar-refractivity contribution in [2.75, 3.05) is 9.80 Å². The third-order valence-electron chi connectivity index (χ3n) is 19.0. The van der Waals surface area contributed by atoms with Gasteiger partial charge in [0.1, 0.15) is 0 Å². The molecular weight excluding hydrogens is 1050 g/mol. The van der Waals surface area contributed by atoms with E-state index in [1.165, 1.54) is 111 Å². The smallest absolute Gasteiger partial charge is 0.0540 e. The number of anilines is 6. The van der Waals surface area contributed by atoms with Crippen molar-refractivity contribution in [3.8, 4) is 55.6 Å². The molecule has 3 aliphatic rings. The van der Waals surface area contributed by atoms with Gasteiger partial charge in [0, 0.05) is 50.1 Å². The lowest BCUT2D eigenvalue weighted by Crippen LogP contribution is -2.17. The monoisotopic (exact) mass is 1120 g/mol. The Kier molecular flexibility index (Phi) is 12.9. The third-order valence-corrected chi connectivity index (χ3v) is 19.0. The Labute approximate surface area is 513 Å². The summed E-state index contributed by atoms with van der Waals surface area (Å²) in [6.45, 7) is 14.3. The quantitative estimate of drug-likeness (QED) is 0.113. The number of fused-ring (bicyclic) bond motifs is 9. The molecule has 0 bridgehead atoms. The Morgan fingerprint density at radius 2 is 0.471 bits per heavy atom. The van der Waals surface area contributed by atoms with Gasteiger partial charge in [0.15, 0.2) is 0 Å². The third kappa shape index (κ3) is 9.18. The maximum Gasteiger partial charge on any atom is 0.0540 e. The molecule has 0 N–H and O–H groups in total. The van der Waals surface area contributed by atoms with E-state index >= 15 is 0 Å². The van der Waals surface area contributed by atoms with Crippen molar-refractivity contribution in [1.29, 1.82) is 0 Å². The first-order chi connectivity index (χ1) is 42.4. The van der Waals surface area contributed by atoms with Gasteiger partial charge in [0.05, 0.1) is 11.4 Å². The van der Waals surface area contributed by atoms with Gasteiger partial charge in [0.25, 0.3) is 0 Å². The van der Waals surface area contributed by atoms with Crippen LogP contribution in [0.1, 0.15) is 97.2 Å². The van der Waals surface area contributed by atoms with Crippen LogP contribution in [0, 0.1) is 0 Å². The van der Waals surface area contributed by atoms with Gasteiger partial charge in [-0.1, -0.05) is 284 Å². The molecular formula is C85H68N2. The van der Waals surface area contributed by atoms with Crippen molar-refractivity contribution < 1.29 is 0 Å². The van der Waals surface area contributed by atoms with Crippen molar-refractivity contribution in [1.82, 2.24) is 0 Å². The molecule has 2 heteroatoms. The molecule has 87 heavy (non-hydrogen) atoms. The molecule has 0 unspecified atom stereocenters. The Hall–Kier alpha value is -10.3. The van der Waals surface area contributed by atoms with Gasteiger partial charge in [-0.3, -0.25) is 0 Å². The van der Waals surface area contributed by atoms with Gasteiger partial charge in [-0.15, -0.1) is 0 Å². The number of para-hydroxylation sites is 4. The summed E-state index contributed by atoms with van der Waals surface area (Å²) in [5, 5.41) is 0. The second-order valence-electron chi connectivity index (χ2n) is 25.3. The average Bonchev–Trinajstić information content (AvgIpc) is 3.76. The lowest BCUT2D eigenvalue weighted by molar-refractivity contribution is 0.660. The van der Waals surface area contributed by atoms with E-state index in [1.807, 2.05) is 0 Å². The fourth-order valence-electron chi connectivity index (χ4n) is 14.4. The zero-order valence-corrected chi connectivity index (χ0v) is 50.3. The maximum atomic E-state index is 2.43. The van der Waals surface area contributed by atoms with Crippen molar-refractivity contribution in [3.63, 3.8) is 0 Å². The molecule has 0 saturated heterocycles. The first-order valence-electron chi connectivity index (χ1n) is 30.6. The Balaban J connectivity index is 0.668. The minimum Gasteiger partial charge on any atom is -0.310 e. The summed E-state index contributed by atoms with van der Waals surface area (Å²) in [7, 11) is 0. The van der Waals surface area contributed by atoms with Crippen LogP contribution in [0.3, 0.4) is 0 Å². The number of hydrogen-bond donors (Lipinski definition) is 0. The van der Waals surface area contributed by atoms with E-state index in [4.69, 9.17) is 0 Å². The van der Waals surface area contributed by atoms with Crippen LogP contribution in [0.4, 0.5) is 34.1 Å². The topological polar surface area (TPSA) is 6.48 Å². The van der Waals surface area contributed by atoms with Crippen molar-refractivity contribution >= 4 is 58.4 Å². The summed E-state index contributed by atoms with van der Waals surface area (Å²) in [6, 6.07) is 103. The van der Waals surface area contributed by atoms with Gasteiger partial charge in [-0.05, 0) is 161 Å². The highest BCUT2D eigenvalue weighted by molar-refractivity contribution is 5.94. The standard InChI is InChI=1S/C85H68N2/c1-83(2)75-51-57(35-37-59-41-47-71-73-49-43-65(55-79(73)84(3,4)77(71)53-59)86(63-27-15-9-16-28-63)81-33-21-19-31-67(81)61-23-11-7-12-24-61)39-45-69(75)70-46-40-58(52-76(70)83)36-38-60-42-48-72-74-50-44-66(56-80(74)85(5,6)78(72)54-60)87(64-29-17-10-18-30-64)82-34-22-20-32-68(82)62-25-13-8-14-26-62/h7-56H,1-6H3. The molecule has 0 heterocycles. The van der Waals surface area contributed by atoms with Crippen molar-refractivity contribution in [3.05, 3.63) is 335 Å². The molecule has 15 rings (SSSR count). The fraction of sp³-hybridized carbons (Fsp3) is 0.106. The van der Waals surface area contributed by atoms with Crippen LogP contribution >= 0.6 is 0 Å². The summed E-state index contributed by atoms with van der Waals surface area (Å²) in [5.74, 6) is 0. The second kappa shape index (κ2) is 21.0. The van der Waals surface area contributed by atoms with Crippen LogP contribution < -0.4 is 9.80 Å². The molecule has 418 valence electrons. The van der Waals surface area contributed by atoms with Crippen molar-refractivity contribution in [2.24, 2.45) is 0 Å². The summed E-state index contributed by atoms with van der Waals surface area (Å²) in [5.41, 5.74) is 31.9. The van der Waals surface area contributed by atoms with Gasteiger partial charge >= 0.3 is 0 Å². The molecule has 0 saturated carbocycles. The Morgan fingerprint density at radius 1 is 0.218 bits per heavy atom. The highest BCUT2D eigenvalue weighted by atomic mass is 15.2. The van der Waals surface area contributed by atoms with Gasteiger partial charge < -0.3 is 9.80 Å². The zero-order valence-electron chi connectivity index (χ0n) is 50.3. The minimum absolute atomic E-state index is 0.164. The fourth-order valence-corrected chi connectivity index (χ4v) is 14.4. The van der Waals surface area contributed by atoms with E-state index in [0.29, 0.717) is 0 Å². The van der Waals surface area contributed by atoms with E-state index in [1.54, 1.807) is 0 Å². The molecule has 3 aliphatic carbocycles. The summed E-state index contributed by atoms with van der Waals surface area (Å²) in [6.07, 6.45) is 9.19. The molecule has 12 aromatic rings. The molecule has 0 fully saturated rings. The number of nitrogens with zero attached hydrogens (tertiary/aromatic N) is 2. The molecule has 0 atom stereocenters. The van der Waals surface area contributed by atoms with Crippen molar-refractivity contribution in [2.45, 2.75) is 57.8 Å². The molecule has 0 aliphatic heterocycles.